The summed E-state index contributed by atoms with van der Waals surface area (Å²) < 4.78 is 0. The first-order valence-corrected chi connectivity index (χ1v) is 5.40. The number of hydrogen-bond acceptors (Lipinski definition) is 2. The van der Waals surface area contributed by atoms with Crippen molar-refractivity contribution in [1.82, 2.24) is 5.43 Å². The summed E-state index contributed by atoms with van der Waals surface area (Å²) in [6.45, 7) is 10.9. The van der Waals surface area contributed by atoms with Crippen molar-refractivity contribution in [3.63, 3.8) is 0 Å². The topological polar surface area (TPSA) is 38.0 Å². The van der Waals surface area contributed by atoms with Crippen LogP contribution in [0.3, 0.4) is 0 Å². The molecule has 15 heavy (non-hydrogen) atoms. The van der Waals surface area contributed by atoms with Gasteiger partial charge in [0, 0.05) is 0 Å². The van der Waals surface area contributed by atoms with E-state index in [1.165, 1.54) is 16.7 Å². The van der Waals surface area contributed by atoms with E-state index in [-0.39, 0.29) is 11.5 Å². The molecule has 0 spiro atoms. The SMILES string of the molecule is Cc1cccc(C)c1C(NN)C(C)(C)C. The number of aryl methyl sites for hydroxylation is 2. The van der Waals surface area contributed by atoms with Crippen LogP contribution >= 0.6 is 0 Å². The van der Waals surface area contributed by atoms with E-state index in [0.717, 1.165) is 0 Å². The van der Waals surface area contributed by atoms with Crippen LogP contribution in [0.5, 0.6) is 0 Å². The van der Waals surface area contributed by atoms with Gasteiger partial charge in [0.25, 0.3) is 0 Å². The summed E-state index contributed by atoms with van der Waals surface area (Å²) in [5.74, 6) is 5.68. The van der Waals surface area contributed by atoms with Gasteiger partial charge in [-0.1, -0.05) is 39.0 Å². The molecule has 1 unspecified atom stereocenters. The number of hydrazine groups is 1. The van der Waals surface area contributed by atoms with Gasteiger partial charge in [-0.2, -0.15) is 0 Å². The molecule has 1 rings (SSSR count). The van der Waals surface area contributed by atoms with Gasteiger partial charge in [0.1, 0.15) is 0 Å². The molecule has 1 aromatic rings. The van der Waals surface area contributed by atoms with E-state index in [9.17, 15) is 0 Å². The third-order valence-electron chi connectivity index (χ3n) is 2.86. The number of rotatable bonds is 2. The van der Waals surface area contributed by atoms with E-state index in [0.29, 0.717) is 0 Å². The van der Waals surface area contributed by atoms with Crippen LogP contribution in [0.4, 0.5) is 0 Å². The Hall–Kier alpha value is -0.860. The first kappa shape index (κ1) is 12.2. The molecule has 0 aromatic heterocycles. The zero-order chi connectivity index (χ0) is 11.6. The van der Waals surface area contributed by atoms with Crippen LogP contribution < -0.4 is 11.3 Å². The summed E-state index contributed by atoms with van der Waals surface area (Å²) in [5.41, 5.74) is 6.98. The molecule has 0 amide bonds. The lowest BCUT2D eigenvalue weighted by Crippen LogP contribution is -2.37. The van der Waals surface area contributed by atoms with Crippen LogP contribution in [-0.2, 0) is 0 Å². The van der Waals surface area contributed by atoms with Gasteiger partial charge >= 0.3 is 0 Å². The maximum atomic E-state index is 5.68. The highest BCUT2D eigenvalue weighted by molar-refractivity contribution is 5.37. The van der Waals surface area contributed by atoms with Gasteiger partial charge in [0.15, 0.2) is 0 Å². The maximum absolute atomic E-state index is 5.68. The Bertz CT molecular complexity index is 317. The van der Waals surface area contributed by atoms with Crippen LogP contribution in [0.15, 0.2) is 18.2 Å². The second kappa shape index (κ2) is 4.33. The number of benzene rings is 1. The molecule has 0 saturated heterocycles. The predicted molar refractivity (Wildman–Crippen MR) is 65.4 cm³/mol. The van der Waals surface area contributed by atoms with Gasteiger partial charge in [0.05, 0.1) is 6.04 Å². The zero-order valence-corrected chi connectivity index (χ0v) is 10.4. The van der Waals surface area contributed by atoms with E-state index in [1.54, 1.807) is 0 Å². The molecule has 0 aliphatic rings. The smallest absolute Gasteiger partial charge is 0.0513 e. The number of nitrogens with one attached hydrogen (secondary N) is 1. The van der Waals surface area contributed by atoms with Crippen LogP contribution in [0.2, 0.25) is 0 Å². The van der Waals surface area contributed by atoms with Crippen molar-refractivity contribution in [3.05, 3.63) is 34.9 Å². The molecule has 0 bridgehead atoms. The van der Waals surface area contributed by atoms with Gasteiger partial charge in [-0.15, -0.1) is 0 Å². The minimum atomic E-state index is 0.117. The third-order valence-corrected chi connectivity index (χ3v) is 2.86. The Kier molecular flexibility index (Phi) is 3.53. The standard InChI is InChI=1S/C13H22N2/c1-9-7-6-8-10(2)11(9)12(15-14)13(3,4)5/h6-8,12,15H,14H2,1-5H3. The molecule has 0 aliphatic carbocycles. The van der Waals surface area contributed by atoms with Crippen LogP contribution in [0.1, 0.15) is 43.5 Å². The molecule has 0 saturated carbocycles. The molecular weight excluding hydrogens is 184 g/mol. The Balaban J connectivity index is 3.24. The summed E-state index contributed by atoms with van der Waals surface area (Å²) in [6.07, 6.45) is 0. The zero-order valence-electron chi connectivity index (χ0n) is 10.4. The maximum Gasteiger partial charge on any atom is 0.0513 e. The van der Waals surface area contributed by atoms with E-state index in [4.69, 9.17) is 5.84 Å². The third kappa shape index (κ3) is 2.58. The second-order valence-corrected chi connectivity index (χ2v) is 5.27. The van der Waals surface area contributed by atoms with Crippen molar-refractivity contribution in [3.8, 4) is 0 Å². The summed E-state index contributed by atoms with van der Waals surface area (Å²) in [6, 6.07) is 6.56. The van der Waals surface area contributed by atoms with Crippen molar-refractivity contribution < 1.29 is 0 Å². The second-order valence-electron chi connectivity index (χ2n) is 5.27. The van der Waals surface area contributed by atoms with Gasteiger partial charge in [0.2, 0.25) is 0 Å². The molecule has 3 N–H and O–H groups in total. The molecule has 0 radical (unpaired) electrons. The first-order chi connectivity index (χ1) is 6.88. The van der Waals surface area contributed by atoms with Crippen LogP contribution in [-0.4, -0.2) is 0 Å². The van der Waals surface area contributed by atoms with E-state index < -0.39 is 0 Å². The summed E-state index contributed by atoms with van der Waals surface area (Å²) >= 11 is 0. The van der Waals surface area contributed by atoms with Gasteiger partial charge in [-0.25, -0.2) is 0 Å². The summed E-state index contributed by atoms with van der Waals surface area (Å²) in [4.78, 5) is 0. The molecule has 84 valence electrons. The number of nitrogens with two attached hydrogens (primary N) is 1. The lowest BCUT2D eigenvalue weighted by Gasteiger charge is -2.32. The van der Waals surface area contributed by atoms with Gasteiger partial charge in [-0.05, 0) is 36.0 Å². The lowest BCUT2D eigenvalue weighted by atomic mass is 9.79. The molecule has 0 fully saturated rings. The molecule has 0 aliphatic heterocycles. The fourth-order valence-corrected chi connectivity index (χ4v) is 2.05. The van der Waals surface area contributed by atoms with Crippen LogP contribution in [0, 0.1) is 19.3 Å². The first-order valence-electron chi connectivity index (χ1n) is 5.40. The monoisotopic (exact) mass is 206 g/mol. The Morgan fingerprint density at radius 3 is 1.93 bits per heavy atom. The highest BCUT2D eigenvalue weighted by Gasteiger charge is 2.27. The summed E-state index contributed by atoms with van der Waals surface area (Å²) in [5, 5.41) is 0. The summed E-state index contributed by atoms with van der Waals surface area (Å²) in [7, 11) is 0. The lowest BCUT2D eigenvalue weighted by molar-refractivity contribution is 0.274. The minimum Gasteiger partial charge on any atom is -0.271 e. The molecule has 1 atom stereocenters. The predicted octanol–water partition coefficient (Wildman–Crippen LogP) is 2.85. The van der Waals surface area contributed by atoms with E-state index >= 15 is 0 Å². The average Bonchev–Trinajstić information content (AvgIpc) is 2.09. The quantitative estimate of drug-likeness (QED) is 0.577. The largest absolute Gasteiger partial charge is 0.271 e. The normalized spacial score (nSPS) is 14.0. The van der Waals surface area contributed by atoms with Crippen molar-refractivity contribution in [2.75, 3.05) is 0 Å². The Morgan fingerprint density at radius 1 is 1.13 bits per heavy atom. The van der Waals surface area contributed by atoms with Gasteiger partial charge < -0.3 is 0 Å². The van der Waals surface area contributed by atoms with Crippen LogP contribution in [0.25, 0.3) is 0 Å². The minimum absolute atomic E-state index is 0.117. The van der Waals surface area contributed by atoms with Crippen molar-refractivity contribution in [2.24, 2.45) is 11.3 Å². The fourth-order valence-electron chi connectivity index (χ4n) is 2.05. The Morgan fingerprint density at radius 2 is 1.60 bits per heavy atom. The van der Waals surface area contributed by atoms with Crippen molar-refractivity contribution in [1.29, 1.82) is 0 Å². The molecule has 0 heterocycles. The van der Waals surface area contributed by atoms with Crippen molar-refractivity contribution >= 4 is 0 Å². The highest BCUT2D eigenvalue weighted by atomic mass is 15.2. The van der Waals surface area contributed by atoms with E-state index in [2.05, 4.69) is 58.2 Å². The van der Waals surface area contributed by atoms with Crippen molar-refractivity contribution in [2.45, 2.75) is 40.7 Å². The molecule has 2 heteroatoms. The number of hydrogen-bond donors (Lipinski definition) is 2. The molecular formula is C13H22N2. The highest BCUT2D eigenvalue weighted by Crippen LogP contribution is 2.35. The average molecular weight is 206 g/mol. The van der Waals surface area contributed by atoms with E-state index in [1.807, 2.05) is 0 Å². The molecule has 1 aromatic carbocycles. The van der Waals surface area contributed by atoms with Gasteiger partial charge in [-0.3, -0.25) is 11.3 Å². The molecule has 2 nitrogen and oxygen atoms in total. The fraction of sp³-hybridized carbons (Fsp3) is 0.538. The Labute approximate surface area is 92.8 Å².